The van der Waals surface area contributed by atoms with Crippen molar-refractivity contribution in [1.82, 2.24) is 5.43 Å². The Morgan fingerprint density at radius 2 is 1.88 bits per heavy atom. The van der Waals surface area contributed by atoms with Gasteiger partial charge in [0.05, 0.1) is 11.8 Å². The molecule has 0 saturated heterocycles. The first-order valence-electron chi connectivity index (χ1n) is 7.37. The smallest absolute Gasteiger partial charge is 0.255 e. The molecule has 7 heteroatoms. The minimum Gasteiger partial charge on any atom is -0.322 e. The van der Waals surface area contributed by atoms with Crippen LogP contribution in [0.25, 0.3) is 0 Å². The summed E-state index contributed by atoms with van der Waals surface area (Å²) < 4.78 is 0. The Hall–Kier alpha value is -3.17. The fraction of sp³-hybridized carbons (Fsp3) is 0.111. The first kappa shape index (κ1) is 18.2. The Bertz CT molecular complexity index is 871. The van der Waals surface area contributed by atoms with Crippen molar-refractivity contribution in [3.05, 3.63) is 64.7 Å². The van der Waals surface area contributed by atoms with E-state index in [0.29, 0.717) is 22.0 Å². The van der Waals surface area contributed by atoms with Crippen molar-refractivity contribution in [3.8, 4) is 6.07 Å². The van der Waals surface area contributed by atoms with Crippen LogP contribution in [-0.2, 0) is 4.79 Å². The Morgan fingerprint density at radius 3 is 2.60 bits per heavy atom. The van der Waals surface area contributed by atoms with Gasteiger partial charge in [-0.2, -0.15) is 10.4 Å². The summed E-state index contributed by atoms with van der Waals surface area (Å²) >= 11 is 5.89. The van der Waals surface area contributed by atoms with Crippen LogP contribution in [0.1, 0.15) is 29.3 Å². The van der Waals surface area contributed by atoms with Crippen molar-refractivity contribution >= 4 is 34.8 Å². The van der Waals surface area contributed by atoms with E-state index in [0.717, 1.165) is 5.56 Å². The van der Waals surface area contributed by atoms with Crippen LogP contribution in [0.4, 0.5) is 5.69 Å². The topological polar surface area (TPSA) is 94.3 Å². The van der Waals surface area contributed by atoms with E-state index < -0.39 is 5.91 Å². The summed E-state index contributed by atoms with van der Waals surface area (Å²) in [5, 5.41) is 15.6. The predicted octanol–water partition coefficient (Wildman–Crippen LogP) is 3.35. The molecule has 0 aliphatic heterocycles. The zero-order valence-electron chi connectivity index (χ0n) is 13.4. The maximum absolute atomic E-state index is 12.2. The summed E-state index contributed by atoms with van der Waals surface area (Å²) in [7, 11) is 0. The van der Waals surface area contributed by atoms with Gasteiger partial charge in [0.1, 0.15) is 6.42 Å². The SMILES string of the molecule is C/C(=N/NC(=O)CC#N)c1cccc(NC(=O)c2cccc(Cl)c2)c1. The minimum absolute atomic E-state index is 0.257. The van der Waals surface area contributed by atoms with Gasteiger partial charge in [-0.1, -0.05) is 29.8 Å². The van der Waals surface area contributed by atoms with Gasteiger partial charge in [0.25, 0.3) is 11.8 Å². The van der Waals surface area contributed by atoms with Crippen LogP contribution in [0.2, 0.25) is 5.02 Å². The number of amides is 2. The molecule has 2 amide bonds. The van der Waals surface area contributed by atoms with Crippen molar-refractivity contribution < 1.29 is 9.59 Å². The number of nitriles is 1. The van der Waals surface area contributed by atoms with Gasteiger partial charge < -0.3 is 5.32 Å². The summed E-state index contributed by atoms with van der Waals surface area (Å²) in [4.78, 5) is 23.5. The van der Waals surface area contributed by atoms with Crippen molar-refractivity contribution in [2.75, 3.05) is 5.32 Å². The van der Waals surface area contributed by atoms with Gasteiger partial charge in [0.2, 0.25) is 0 Å². The van der Waals surface area contributed by atoms with Crippen LogP contribution in [0.15, 0.2) is 53.6 Å². The third-order valence-electron chi connectivity index (χ3n) is 3.21. The lowest BCUT2D eigenvalue weighted by Crippen LogP contribution is -2.18. The molecule has 0 bridgehead atoms. The Morgan fingerprint density at radius 1 is 1.16 bits per heavy atom. The molecule has 0 fully saturated rings. The number of hydrogen-bond acceptors (Lipinski definition) is 4. The zero-order valence-corrected chi connectivity index (χ0v) is 14.2. The van der Waals surface area contributed by atoms with E-state index in [2.05, 4.69) is 15.8 Å². The monoisotopic (exact) mass is 354 g/mol. The van der Waals surface area contributed by atoms with Gasteiger partial charge in [0.15, 0.2) is 0 Å². The van der Waals surface area contributed by atoms with Crippen LogP contribution in [-0.4, -0.2) is 17.5 Å². The lowest BCUT2D eigenvalue weighted by atomic mass is 10.1. The van der Waals surface area contributed by atoms with Gasteiger partial charge in [0, 0.05) is 16.3 Å². The molecule has 0 radical (unpaired) electrons. The molecule has 0 aromatic heterocycles. The maximum atomic E-state index is 12.2. The molecule has 0 unspecified atom stereocenters. The highest BCUT2D eigenvalue weighted by molar-refractivity contribution is 6.31. The largest absolute Gasteiger partial charge is 0.322 e. The maximum Gasteiger partial charge on any atom is 0.255 e. The van der Waals surface area contributed by atoms with Gasteiger partial charge >= 0.3 is 0 Å². The van der Waals surface area contributed by atoms with Crippen molar-refractivity contribution in [2.45, 2.75) is 13.3 Å². The summed E-state index contributed by atoms with van der Waals surface area (Å²) in [6.07, 6.45) is -0.257. The number of halogens is 1. The van der Waals surface area contributed by atoms with Crippen molar-refractivity contribution in [1.29, 1.82) is 5.26 Å². The number of hydrogen-bond donors (Lipinski definition) is 2. The van der Waals surface area contributed by atoms with E-state index in [1.807, 2.05) is 0 Å². The average Bonchev–Trinajstić information content (AvgIpc) is 2.60. The van der Waals surface area contributed by atoms with Crippen LogP contribution in [0.5, 0.6) is 0 Å². The molecule has 0 aliphatic carbocycles. The van der Waals surface area contributed by atoms with Crippen LogP contribution in [0.3, 0.4) is 0 Å². The second-order valence-corrected chi connectivity index (χ2v) is 5.55. The molecule has 0 spiro atoms. The molecule has 2 aromatic carbocycles. The van der Waals surface area contributed by atoms with E-state index >= 15 is 0 Å². The Kier molecular flexibility index (Phi) is 6.26. The molecule has 2 N–H and O–H groups in total. The number of carbonyl (C=O) groups is 2. The number of hydrazone groups is 1. The van der Waals surface area contributed by atoms with E-state index in [1.54, 1.807) is 61.5 Å². The highest BCUT2D eigenvalue weighted by atomic mass is 35.5. The number of rotatable bonds is 5. The Balaban J connectivity index is 2.10. The zero-order chi connectivity index (χ0) is 18.2. The summed E-state index contributed by atoms with van der Waals surface area (Å²) in [5.41, 5.74) is 4.60. The molecule has 6 nitrogen and oxygen atoms in total. The molecule has 0 heterocycles. The van der Waals surface area contributed by atoms with E-state index in [-0.39, 0.29) is 12.3 Å². The van der Waals surface area contributed by atoms with Gasteiger partial charge in [-0.25, -0.2) is 5.43 Å². The molecule has 2 rings (SSSR count). The summed E-state index contributed by atoms with van der Waals surface area (Å²) in [5.74, 6) is -0.760. The first-order valence-corrected chi connectivity index (χ1v) is 7.75. The highest BCUT2D eigenvalue weighted by Gasteiger charge is 2.08. The van der Waals surface area contributed by atoms with Crippen LogP contribution >= 0.6 is 11.6 Å². The molecular weight excluding hydrogens is 340 g/mol. The molecular formula is C18H15ClN4O2. The number of carbonyl (C=O) groups excluding carboxylic acids is 2. The lowest BCUT2D eigenvalue weighted by molar-refractivity contribution is -0.120. The fourth-order valence-electron chi connectivity index (χ4n) is 1.98. The fourth-order valence-corrected chi connectivity index (χ4v) is 2.17. The number of nitrogens with one attached hydrogen (secondary N) is 2. The molecule has 126 valence electrons. The quantitative estimate of drug-likeness (QED) is 0.636. The summed E-state index contributed by atoms with van der Waals surface area (Å²) in [6.45, 7) is 1.71. The normalized spacial score (nSPS) is 10.7. The molecule has 0 atom stereocenters. The van der Waals surface area contributed by atoms with Crippen molar-refractivity contribution in [3.63, 3.8) is 0 Å². The third-order valence-corrected chi connectivity index (χ3v) is 3.45. The first-order chi connectivity index (χ1) is 12.0. The predicted molar refractivity (Wildman–Crippen MR) is 96.4 cm³/mol. The lowest BCUT2D eigenvalue weighted by Gasteiger charge is -2.08. The summed E-state index contributed by atoms with van der Waals surface area (Å²) in [6, 6.07) is 15.4. The number of anilines is 1. The van der Waals surface area contributed by atoms with Gasteiger partial charge in [-0.3, -0.25) is 9.59 Å². The second-order valence-electron chi connectivity index (χ2n) is 5.11. The van der Waals surface area contributed by atoms with E-state index in [9.17, 15) is 9.59 Å². The Labute approximate surface area is 150 Å². The molecule has 0 saturated carbocycles. The van der Waals surface area contributed by atoms with E-state index in [1.165, 1.54) is 0 Å². The molecule has 25 heavy (non-hydrogen) atoms. The number of benzene rings is 2. The minimum atomic E-state index is -0.479. The number of nitrogens with zero attached hydrogens (tertiary/aromatic N) is 2. The molecule has 0 aliphatic rings. The van der Waals surface area contributed by atoms with Crippen LogP contribution in [0, 0.1) is 11.3 Å². The van der Waals surface area contributed by atoms with Gasteiger partial charge in [-0.05, 0) is 42.8 Å². The van der Waals surface area contributed by atoms with Crippen LogP contribution < -0.4 is 10.7 Å². The third kappa shape index (κ3) is 5.44. The highest BCUT2D eigenvalue weighted by Crippen LogP contribution is 2.15. The van der Waals surface area contributed by atoms with Gasteiger partial charge in [-0.15, -0.1) is 0 Å². The standard InChI is InChI=1S/C18H15ClN4O2/c1-12(22-23-17(24)8-9-20)13-4-3-7-16(11-13)21-18(25)14-5-2-6-15(19)10-14/h2-7,10-11H,8H2,1H3,(H,21,25)(H,23,24)/b22-12-. The van der Waals surface area contributed by atoms with E-state index in [4.69, 9.17) is 16.9 Å². The molecule has 2 aromatic rings. The van der Waals surface area contributed by atoms with Crippen molar-refractivity contribution in [2.24, 2.45) is 5.10 Å². The second kappa shape index (κ2) is 8.62. The average molecular weight is 355 g/mol.